The van der Waals surface area contributed by atoms with Crippen molar-refractivity contribution >= 4 is 16.9 Å². The summed E-state index contributed by atoms with van der Waals surface area (Å²) in [5, 5.41) is 13.3. The number of carboxylic acid groups (broad SMARTS) is 1. The van der Waals surface area contributed by atoms with Gasteiger partial charge in [0, 0.05) is 5.56 Å². The highest BCUT2D eigenvalue weighted by atomic mass is 16.5. The van der Waals surface area contributed by atoms with Gasteiger partial charge in [-0.25, -0.2) is 4.79 Å². The summed E-state index contributed by atoms with van der Waals surface area (Å²) in [6.45, 7) is 4.63. The summed E-state index contributed by atoms with van der Waals surface area (Å²) >= 11 is 0. The maximum atomic E-state index is 11.2. The molecule has 0 radical (unpaired) electrons. The fourth-order valence-electron chi connectivity index (χ4n) is 3.10. The number of hydrogen-bond donors (Lipinski definition) is 2. The molecule has 1 unspecified atom stereocenters. The van der Waals surface area contributed by atoms with Gasteiger partial charge in [-0.1, -0.05) is 6.07 Å². The molecule has 0 amide bonds. The third-order valence-corrected chi connectivity index (χ3v) is 4.29. The van der Waals surface area contributed by atoms with Gasteiger partial charge in [-0.2, -0.15) is 0 Å². The summed E-state index contributed by atoms with van der Waals surface area (Å²) in [5.74, 6) is 0.404. The fourth-order valence-corrected chi connectivity index (χ4v) is 3.10. The molecule has 118 valence electrons. The van der Waals surface area contributed by atoms with E-state index in [0.29, 0.717) is 23.5 Å². The monoisotopic (exact) mass is 303 g/mol. The zero-order valence-electron chi connectivity index (χ0n) is 12.7. The molecule has 3 rings (SSSR count). The summed E-state index contributed by atoms with van der Waals surface area (Å²) in [6.07, 6.45) is 3.41. The number of hydrogen-bond acceptors (Lipinski definition) is 4. The average Bonchev–Trinajstić information content (AvgIpc) is 3.12. The van der Waals surface area contributed by atoms with E-state index in [0.717, 1.165) is 37.2 Å². The SMILES string of the molecule is Cc1c(C(=O)O)oc2cccc(OCCCC3CCNC3)c12. The van der Waals surface area contributed by atoms with E-state index in [1.165, 1.54) is 6.42 Å². The van der Waals surface area contributed by atoms with E-state index in [-0.39, 0.29) is 5.76 Å². The zero-order valence-corrected chi connectivity index (χ0v) is 12.7. The Labute approximate surface area is 129 Å². The van der Waals surface area contributed by atoms with Crippen molar-refractivity contribution in [3.05, 3.63) is 29.5 Å². The van der Waals surface area contributed by atoms with Crippen LogP contribution in [-0.4, -0.2) is 30.8 Å². The molecular formula is C17H21NO4. The Bertz CT molecular complexity index is 671. The number of nitrogens with one attached hydrogen (secondary N) is 1. The van der Waals surface area contributed by atoms with Gasteiger partial charge in [0.25, 0.3) is 0 Å². The van der Waals surface area contributed by atoms with Gasteiger partial charge in [0.15, 0.2) is 0 Å². The molecule has 1 saturated heterocycles. The molecule has 2 aromatic rings. The van der Waals surface area contributed by atoms with Crippen molar-refractivity contribution < 1.29 is 19.1 Å². The zero-order chi connectivity index (χ0) is 15.5. The first-order valence-corrected chi connectivity index (χ1v) is 7.75. The summed E-state index contributed by atoms with van der Waals surface area (Å²) in [6, 6.07) is 5.46. The molecule has 1 aromatic heterocycles. The molecule has 1 fully saturated rings. The van der Waals surface area contributed by atoms with Crippen LogP contribution in [0.3, 0.4) is 0 Å². The van der Waals surface area contributed by atoms with E-state index in [9.17, 15) is 4.79 Å². The van der Waals surface area contributed by atoms with Gasteiger partial charge in [0.05, 0.1) is 12.0 Å². The topological polar surface area (TPSA) is 71.7 Å². The van der Waals surface area contributed by atoms with Crippen LogP contribution < -0.4 is 10.1 Å². The first-order chi connectivity index (χ1) is 10.7. The van der Waals surface area contributed by atoms with Crippen LogP contribution in [0, 0.1) is 12.8 Å². The van der Waals surface area contributed by atoms with E-state index < -0.39 is 5.97 Å². The molecule has 0 bridgehead atoms. The first kappa shape index (κ1) is 14.9. The van der Waals surface area contributed by atoms with Crippen LogP contribution in [0.2, 0.25) is 0 Å². The molecular weight excluding hydrogens is 282 g/mol. The highest BCUT2D eigenvalue weighted by Crippen LogP contribution is 2.33. The molecule has 0 spiro atoms. The normalized spacial score (nSPS) is 18.0. The Morgan fingerprint density at radius 3 is 3.09 bits per heavy atom. The van der Waals surface area contributed by atoms with E-state index in [4.69, 9.17) is 14.3 Å². The van der Waals surface area contributed by atoms with Crippen LogP contribution in [0.1, 0.15) is 35.4 Å². The number of carboxylic acids is 1. The summed E-state index contributed by atoms with van der Waals surface area (Å²) < 4.78 is 11.3. The number of aromatic carboxylic acids is 1. The lowest BCUT2D eigenvalue weighted by atomic mass is 10.0. The largest absolute Gasteiger partial charge is 0.493 e. The lowest BCUT2D eigenvalue weighted by molar-refractivity contribution is 0.0664. The Balaban J connectivity index is 1.69. The van der Waals surface area contributed by atoms with Gasteiger partial charge in [0.2, 0.25) is 5.76 Å². The predicted molar refractivity (Wildman–Crippen MR) is 83.6 cm³/mol. The number of carbonyl (C=O) groups is 1. The van der Waals surface area contributed by atoms with Crippen molar-refractivity contribution in [1.29, 1.82) is 0 Å². The number of furan rings is 1. The summed E-state index contributed by atoms with van der Waals surface area (Å²) in [5.41, 5.74) is 1.19. The molecule has 22 heavy (non-hydrogen) atoms. The molecule has 0 saturated carbocycles. The molecule has 1 aromatic carbocycles. The second-order valence-electron chi connectivity index (χ2n) is 5.84. The van der Waals surface area contributed by atoms with Crippen LogP contribution in [0.4, 0.5) is 0 Å². The van der Waals surface area contributed by atoms with Gasteiger partial charge in [-0.15, -0.1) is 0 Å². The van der Waals surface area contributed by atoms with Gasteiger partial charge < -0.3 is 19.6 Å². The van der Waals surface area contributed by atoms with Crippen molar-refractivity contribution in [3.63, 3.8) is 0 Å². The molecule has 1 atom stereocenters. The number of ether oxygens (including phenoxy) is 1. The van der Waals surface area contributed by atoms with Crippen molar-refractivity contribution in [2.24, 2.45) is 5.92 Å². The molecule has 2 heterocycles. The standard InChI is InChI=1S/C17H21NO4/c1-11-15-13(21-9-3-4-12-7-8-18-10-12)5-2-6-14(15)22-16(11)17(19)20/h2,5-6,12,18H,3-4,7-10H2,1H3,(H,19,20). The van der Waals surface area contributed by atoms with Crippen molar-refractivity contribution in [3.8, 4) is 5.75 Å². The Morgan fingerprint density at radius 2 is 2.36 bits per heavy atom. The minimum atomic E-state index is -1.05. The average molecular weight is 303 g/mol. The Kier molecular flexibility index (Phi) is 4.34. The van der Waals surface area contributed by atoms with Crippen LogP contribution in [0.5, 0.6) is 5.75 Å². The summed E-state index contributed by atoms with van der Waals surface area (Å²) in [7, 11) is 0. The lowest BCUT2D eigenvalue weighted by Gasteiger charge is -2.10. The fraction of sp³-hybridized carbons (Fsp3) is 0.471. The van der Waals surface area contributed by atoms with Gasteiger partial charge >= 0.3 is 5.97 Å². The van der Waals surface area contributed by atoms with Gasteiger partial charge in [-0.05, 0) is 57.3 Å². The smallest absolute Gasteiger partial charge is 0.372 e. The van der Waals surface area contributed by atoms with E-state index >= 15 is 0 Å². The van der Waals surface area contributed by atoms with E-state index in [1.807, 2.05) is 12.1 Å². The van der Waals surface area contributed by atoms with Crippen LogP contribution in [-0.2, 0) is 0 Å². The minimum Gasteiger partial charge on any atom is -0.493 e. The van der Waals surface area contributed by atoms with Gasteiger partial charge in [-0.3, -0.25) is 0 Å². The van der Waals surface area contributed by atoms with Crippen molar-refractivity contribution in [2.75, 3.05) is 19.7 Å². The molecule has 1 aliphatic rings. The maximum absolute atomic E-state index is 11.2. The predicted octanol–water partition coefficient (Wildman–Crippen LogP) is 3.21. The second kappa shape index (κ2) is 6.40. The summed E-state index contributed by atoms with van der Waals surface area (Å²) in [4.78, 5) is 11.2. The number of fused-ring (bicyclic) bond motifs is 1. The van der Waals surface area contributed by atoms with Gasteiger partial charge in [0.1, 0.15) is 11.3 Å². The van der Waals surface area contributed by atoms with Crippen LogP contribution >= 0.6 is 0 Å². The van der Waals surface area contributed by atoms with E-state index in [1.54, 1.807) is 13.0 Å². The van der Waals surface area contributed by atoms with Crippen molar-refractivity contribution in [1.82, 2.24) is 5.32 Å². The second-order valence-corrected chi connectivity index (χ2v) is 5.84. The number of benzene rings is 1. The molecule has 1 aliphatic heterocycles. The maximum Gasteiger partial charge on any atom is 0.372 e. The van der Waals surface area contributed by atoms with Crippen LogP contribution in [0.15, 0.2) is 22.6 Å². The first-order valence-electron chi connectivity index (χ1n) is 7.75. The highest BCUT2D eigenvalue weighted by Gasteiger charge is 2.19. The molecule has 2 N–H and O–H groups in total. The van der Waals surface area contributed by atoms with Crippen LogP contribution in [0.25, 0.3) is 11.0 Å². The lowest BCUT2D eigenvalue weighted by Crippen LogP contribution is -2.10. The third kappa shape index (κ3) is 2.95. The quantitative estimate of drug-likeness (QED) is 0.802. The molecule has 5 heteroatoms. The van der Waals surface area contributed by atoms with Crippen molar-refractivity contribution in [2.45, 2.75) is 26.2 Å². The molecule has 0 aliphatic carbocycles. The molecule has 5 nitrogen and oxygen atoms in total. The number of aryl methyl sites for hydroxylation is 1. The van der Waals surface area contributed by atoms with E-state index in [2.05, 4.69) is 5.32 Å². The Morgan fingerprint density at radius 1 is 1.50 bits per heavy atom. The number of rotatable bonds is 6. The highest BCUT2D eigenvalue weighted by molar-refractivity contribution is 5.97. The third-order valence-electron chi connectivity index (χ3n) is 4.29. The Hall–Kier alpha value is -2.01. The minimum absolute atomic E-state index is 0.0110.